The van der Waals surface area contributed by atoms with Crippen molar-refractivity contribution < 1.29 is 14.5 Å². The lowest BCUT2D eigenvalue weighted by Gasteiger charge is -2.07. The molecule has 0 atom stereocenters. The minimum Gasteiger partial charge on any atom is -0.475 e. The second-order valence-electron chi connectivity index (χ2n) is 2.61. The quantitative estimate of drug-likeness (QED) is 0.463. The third-order valence-corrected chi connectivity index (χ3v) is 1.95. The molecule has 0 aliphatic rings. The molecular formula is C9H12BrNO3. The summed E-state index contributed by atoms with van der Waals surface area (Å²) in [5.74, 6) is 0.618. The summed E-state index contributed by atoms with van der Waals surface area (Å²) < 4.78 is 6.30. The average molecular weight is 262 g/mol. The fraction of sp³-hybridized carbons (Fsp3) is 0.444. The van der Waals surface area contributed by atoms with E-state index in [4.69, 9.17) is 4.74 Å². The number of nitrogens with zero attached hydrogens (tertiary/aromatic N) is 1. The zero-order chi connectivity index (χ0) is 10.4. The smallest absolute Gasteiger partial charge is 0.216 e. The Morgan fingerprint density at radius 1 is 1.43 bits per heavy atom. The molecule has 0 bridgehead atoms. The van der Waals surface area contributed by atoms with Gasteiger partial charge in [-0.25, -0.2) is 14.8 Å². The Labute approximate surface area is 91.2 Å². The Balaban J connectivity index is 2.42. The van der Waals surface area contributed by atoms with Gasteiger partial charge in [0.15, 0.2) is 0 Å². The zero-order valence-electron chi connectivity index (χ0n) is 8.12. The summed E-state index contributed by atoms with van der Waals surface area (Å²) in [5.41, 5.74) is 0.983. The van der Waals surface area contributed by atoms with Crippen molar-refractivity contribution in [2.75, 3.05) is 20.3 Å². The highest BCUT2D eigenvalue weighted by Crippen LogP contribution is 2.18. The maximum atomic E-state index is 5.36. The van der Waals surface area contributed by atoms with Gasteiger partial charge in [0.25, 0.3) is 0 Å². The van der Waals surface area contributed by atoms with Crippen molar-refractivity contribution in [3.63, 3.8) is 0 Å². The van der Waals surface area contributed by atoms with Gasteiger partial charge in [-0.1, -0.05) is 0 Å². The third kappa shape index (κ3) is 3.61. The lowest BCUT2D eigenvalue weighted by atomic mass is 10.3. The molecule has 14 heavy (non-hydrogen) atoms. The molecule has 0 aromatic carbocycles. The predicted octanol–water partition coefficient (Wildman–Crippen LogP) is 2.11. The largest absolute Gasteiger partial charge is 0.475 e. The molecule has 0 radical (unpaired) electrons. The van der Waals surface area contributed by atoms with E-state index in [1.807, 2.05) is 13.0 Å². The van der Waals surface area contributed by atoms with Gasteiger partial charge < -0.3 is 4.74 Å². The first kappa shape index (κ1) is 11.4. The Morgan fingerprint density at radius 2 is 2.21 bits per heavy atom. The molecule has 1 aromatic heterocycles. The van der Waals surface area contributed by atoms with Crippen molar-refractivity contribution in [2.24, 2.45) is 0 Å². The first-order valence-electron chi connectivity index (χ1n) is 4.14. The van der Waals surface area contributed by atoms with Crippen LogP contribution >= 0.6 is 15.9 Å². The number of hydrogen-bond donors (Lipinski definition) is 0. The van der Waals surface area contributed by atoms with Crippen molar-refractivity contribution in [1.29, 1.82) is 0 Å². The molecule has 0 aliphatic carbocycles. The van der Waals surface area contributed by atoms with Gasteiger partial charge in [-0.3, -0.25) is 0 Å². The Kier molecular flexibility index (Phi) is 4.86. The molecule has 1 heterocycles. The van der Waals surface area contributed by atoms with Gasteiger partial charge in [0.1, 0.15) is 13.2 Å². The molecule has 1 aromatic rings. The minimum absolute atomic E-state index is 0.383. The van der Waals surface area contributed by atoms with Crippen molar-refractivity contribution in [2.45, 2.75) is 6.92 Å². The van der Waals surface area contributed by atoms with Gasteiger partial charge in [0.05, 0.1) is 7.11 Å². The summed E-state index contributed by atoms with van der Waals surface area (Å²) in [6.45, 7) is 2.74. The first-order chi connectivity index (χ1) is 6.74. The summed E-state index contributed by atoms with van der Waals surface area (Å²) in [5, 5.41) is 0. The molecule has 0 amide bonds. The molecule has 0 fully saturated rings. The SMILES string of the molecule is COOCCOc1ncc(Br)cc1C. The van der Waals surface area contributed by atoms with Crippen molar-refractivity contribution in [3.05, 3.63) is 22.3 Å². The number of ether oxygens (including phenoxy) is 1. The first-order valence-corrected chi connectivity index (χ1v) is 4.94. The maximum Gasteiger partial charge on any atom is 0.216 e. The Morgan fingerprint density at radius 3 is 2.86 bits per heavy atom. The van der Waals surface area contributed by atoms with Crippen LogP contribution in [-0.2, 0) is 9.78 Å². The molecular weight excluding hydrogens is 250 g/mol. The normalized spacial score (nSPS) is 10.2. The topological polar surface area (TPSA) is 40.6 Å². The van der Waals surface area contributed by atoms with Crippen LogP contribution in [0.15, 0.2) is 16.7 Å². The van der Waals surface area contributed by atoms with Crippen LogP contribution in [0, 0.1) is 6.92 Å². The van der Waals surface area contributed by atoms with Gasteiger partial charge in [-0.05, 0) is 28.9 Å². The fourth-order valence-electron chi connectivity index (χ4n) is 0.935. The molecule has 0 saturated heterocycles. The number of hydrogen-bond acceptors (Lipinski definition) is 4. The zero-order valence-corrected chi connectivity index (χ0v) is 9.70. The highest BCUT2D eigenvalue weighted by molar-refractivity contribution is 9.10. The maximum absolute atomic E-state index is 5.36. The highest BCUT2D eigenvalue weighted by Gasteiger charge is 2.01. The van der Waals surface area contributed by atoms with E-state index in [0.717, 1.165) is 10.0 Å². The van der Waals surface area contributed by atoms with Crippen LogP contribution in [0.2, 0.25) is 0 Å². The van der Waals surface area contributed by atoms with E-state index >= 15 is 0 Å². The van der Waals surface area contributed by atoms with Crippen LogP contribution in [0.3, 0.4) is 0 Å². The van der Waals surface area contributed by atoms with Crippen LogP contribution in [0.5, 0.6) is 5.88 Å². The van der Waals surface area contributed by atoms with Gasteiger partial charge in [0.2, 0.25) is 5.88 Å². The summed E-state index contributed by atoms with van der Waals surface area (Å²) in [6.07, 6.45) is 1.69. The number of halogens is 1. The van der Waals surface area contributed by atoms with Crippen LogP contribution in [0.25, 0.3) is 0 Å². The molecule has 0 spiro atoms. The van der Waals surface area contributed by atoms with E-state index in [1.165, 1.54) is 7.11 Å². The van der Waals surface area contributed by atoms with Gasteiger partial charge >= 0.3 is 0 Å². The summed E-state index contributed by atoms with van der Waals surface area (Å²) in [6, 6.07) is 1.94. The standard InChI is InChI=1S/C9H12BrNO3/c1-7-5-8(10)6-11-9(7)13-3-4-14-12-2/h5-6H,3-4H2,1-2H3. The van der Waals surface area contributed by atoms with Crippen LogP contribution < -0.4 is 4.74 Å². The monoisotopic (exact) mass is 261 g/mol. The number of pyridine rings is 1. The number of aryl methyl sites for hydroxylation is 1. The molecule has 0 N–H and O–H groups in total. The molecule has 1 rings (SSSR count). The van der Waals surface area contributed by atoms with Crippen molar-refractivity contribution >= 4 is 15.9 Å². The third-order valence-electron chi connectivity index (χ3n) is 1.52. The molecule has 5 heteroatoms. The van der Waals surface area contributed by atoms with Gasteiger partial charge in [-0.2, -0.15) is 0 Å². The molecule has 0 aliphatic heterocycles. The summed E-state index contributed by atoms with van der Waals surface area (Å²) >= 11 is 3.33. The molecule has 78 valence electrons. The summed E-state index contributed by atoms with van der Waals surface area (Å²) in [4.78, 5) is 13.2. The minimum atomic E-state index is 0.383. The van der Waals surface area contributed by atoms with E-state index in [0.29, 0.717) is 19.1 Å². The van der Waals surface area contributed by atoms with Crippen LogP contribution in [-0.4, -0.2) is 25.3 Å². The fourth-order valence-corrected chi connectivity index (χ4v) is 1.38. The second-order valence-corrected chi connectivity index (χ2v) is 3.53. The second kappa shape index (κ2) is 5.95. The highest BCUT2D eigenvalue weighted by atomic mass is 79.9. The van der Waals surface area contributed by atoms with Crippen molar-refractivity contribution in [1.82, 2.24) is 4.98 Å². The van der Waals surface area contributed by atoms with Crippen LogP contribution in [0.4, 0.5) is 0 Å². The van der Waals surface area contributed by atoms with E-state index in [1.54, 1.807) is 6.20 Å². The predicted molar refractivity (Wildman–Crippen MR) is 55.1 cm³/mol. The van der Waals surface area contributed by atoms with Gasteiger partial charge in [0, 0.05) is 16.2 Å². The lowest BCUT2D eigenvalue weighted by molar-refractivity contribution is -0.275. The molecule has 4 nitrogen and oxygen atoms in total. The van der Waals surface area contributed by atoms with Crippen LogP contribution in [0.1, 0.15) is 5.56 Å². The number of aromatic nitrogens is 1. The summed E-state index contributed by atoms with van der Waals surface area (Å²) in [7, 11) is 1.46. The van der Waals surface area contributed by atoms with E-state index in [9.17, 15) is 0 Å². The molecule has 0 saturated carbocycles. The van der Waals surface area contributed by atoms with Crippen molar-refractivity contribution in [3.8, 4) is 5.88 Å². The molecule has 0 unspecified atom stereocenters. The van der Waals surface area contributed by atoms with E-state index in [2.05, 4.69) is 30.7 Å². The van der Waals surface area contributed by atoms with E-state index in [-0.39, 0.29) is 0 Å². The lowest BCUT2D eigenvalue weighted by Crippen LogP contribution is -2.07. The Hall–Kier alpha value is -0.650. The number of rotatable bonds is 5. The average Bonchev–Trinajstić information content (AvgIpc) is 2.15. The Bertz CT molecular complexity index is 293. The van der Waals surface area contributed by atoms with Gasteiger partial charge in [-0.15, -0.1) is 0 Å². The van der Waals surface area contributed by atoms with E-state index < -0.39 is 0 Å².